The van der Waals surface area contributed by atoms with Crippen LogP contribution < -0.4 is 5.32 Å². The Balaban J connectivity index is 1.62. The molecule has 1 fully saturated rings. The van der Waals surface area contributed by atoms with Crippen LogP contribution in [0.15, 0.2) is 30.3 Å². The molecule has 28 heavy (non-hydrogen) atoms. The highest BCUT2D eigenvalue weighted by Crippen LogP contribution is 2.41. The number of nitrogens with zero attached hydrogens (tertiary/aromatic N) is 3. The Morgan fingerprint density at radius 1 is 1.25 bits per heavy atom. The lowest BCUT2D eigenvalue weighted by Gasteiger charge is -2.22. The lowest BCUT2D eigenvalue weighted by Crippen LogP contribution is -2.33. The number of rotatable bonds is 5. The summed E-state index contributed by atoms with van der Waals surface area (Å²) in [5.41, 5.74) is 3.39. The molecule has 0 radical (unpaired) electrons. The van der Waals surface area contributed by atoms with Crippen LogP contribution in [0.5, 0.6) is 0 Å². The van der Waals surface area contributed by atoms with Crippen LogP contribution in [0, 0.1) is 5.92 Å². The largest absolute Gasteiger partial charge is 0.340 e. The number of hydrogen-bond donors (Lipinski definition) is 2. The van der Waals surface area contributed by atoms with Crippen molar-refractivity contribution in [2.24, 2.45) is 5.92 Å². The number of imidazole rings is 1. The van der Waals surface area contributed by atoms with E-state index >= 15 is 0 Å². The van der Waals surface area contributed by atoms with E-state index in [2.05, 4.69) is 55.0 Å². The van der Waals surface area contributed by atoms with Crippen molar-refractivity contribution in [1.82, 2.24) is 25.1 Å². The molecule has 6 heteroatoms. The van der Waals surface area contributed by atoms with E-state index in [4.69, 9.17) is 0 Å². The van der Waals surface area contributed by atoms with Gasteiger partial charge in [0, 0.05) is 11.6 Å². The van der Waals surface area contributed by atoms with Gasteiger partial charge in [-0.25, -0.2) is 4.98 Å². The first-order chi connectivity index (χ1) is 13.2. The Bertz CT molecular complexity index is 971. The van der Waals surface area contributed by atoms with E-state index < -0.39 is 0 Å². The van der Waals surface area contributed by atoms with Crippen LogP contribution in [-0.2, 0) is 5.54 Å². The van der Waals surface area contributed by atoms with Crippen LogP contribution in [0.4, 0.5) is 0 Å². The molecule has 0 bridgehead atoms. The van der Waals surface area contributed by atoms with E-state index in [1.807, 2.05) is 35.0 Å². The molecule has 0 spiro atoms. The molecule has 2 N–H and O–H groups in total. The second kappa shape index (κ2) is 6.76. The molecule has 1 aliphatic carbocycles. The second-order valence-corrected chi connectivity index (χ2v) is 9.15. The van der Waals surface area contributed by atoms with Gasteiger partial charge in [-0.15, -0.1) is 0 Å². The van der Waals surface area contributed by atoms with Crippen LogP contribution >= 0.6 is 0 Å². The van der Waals surface area contributed by atoms with Crippen molar-refractivity contribution in [3.63, 3.8) is 0 Å². The third kappa shape index (κ3) is 3.55. The van der Waals surface area contributed by atoms with Crippen molar-refractivity contribution in [1.29, 1.82) is 0 Å². The van der Waals surface area contributed by atoms with E-state index in [9.17, 15) is 4.79 Å². The zero-order valence-corrected chi connectivity index (χ0v) is 17.3. The van der Waals surface area contributed by atoms with Crippen molar-refractivity contribution in [2.75, 3.05) is 0 Å². The fraction of sp³-hybridized carbons (Fsp3) is 0.500. The quantitative estimate of drug-likeness (QED) is 0.684. The first kappa shape index (κ1) is 18.7. The number of aromatic amines is 1. The minimum Gasteiger partial charge on any atom is -0.340 e. The number of nitrogens with one attached hydrogen (secondary N) is 2. The maximum absolute atomic E-state index is 13.1. The maximum atomic E-state index is 13.1. The maximum Gasteiger partial charge on any atom is 0.272 e. The van der Waals surface area contributed by atoms with Gasteiger partial charge in [0.05, 0.1) is 22.6 Å². The predicted molar refractivity (Wildman–Crippen MR) is 110 cm³/mol. The van der Waals surface area contributed by atoms with Gasteiger partial charge in [0.15, 0.2) is 0 Å². The van der Waals surface area contributed by atoms with Gasteiger partial charge >= 0.3 is 0 Å². The van der Waals surface area contributed by atoms with Gasteiger partial charge in [0.2, 0.25) is 0 Å². The van der Waals surface area contributed by atoms with Crippen LogP contribution in [0.3, 0.4) is 0 Å². The van der Waals surface area contributed by atoms with Gasteiger partial charge in [-0.3, -0.25) is 9.48 Å². The smallest absolute Gasteiger partial charge is 0.272 e. The summed E-state index contributed by atoms with van der Waals surface area (Å²) in [5.74, 6) is 1.35. The lowest BCUT2D eigenvalue weighted by molar-refractivity contribution is 0.0916. The summed E-state index contributed by atoms with van der Waals surface area (Å²) in [4.78, 5) is 21.1. The fourth-order valence-electron chi connectivity index (χ4n) is 3.60. The highest BCUT2D eigenvalue weighted by Gasteiger charge is 2.33. The normalized spacial score (nSPS) is 15.9. The molecule has 2 aromatic heterocycles. The van der Waals surface area contributed by atoms with Crippen LogP contribution in [0.1, 0.15) is 81.4 Å². The number of hydrogen-bond acceptors (Lipinski definition) is 3. The van der Waals surface area contributed by atoms with E-state index in [1.54, 1.807) is 0 Å². The molecule has 1 saturated carbocycles. The molecule has 1 aromatic carbocycles. The third-order valence-electron chi connectivity index (χ3n) is 5.26. The van der Waals surface area contributed by atoms with Crippen molar-refractivity contribution < 1.29 is 4.79 Å². The van der Waals surface area contributed by atoms with Gasteiger partial charge in [-0.2, -0.15) is 5.10 Å². The molecule has 3 aromatic rings. The van der Waals surface area contributed by atoms with Gasteiger partial charge in [-0.05, 0) is 57.7 Å². The van der Waals surface area contributed by atoms with Gasteiger partial charge < -0.3 is 10.3 Å². The summed E-state index contributed by atoms with van der Waals surface area (Å²) in [7, 11) is 0. The molecule has 6 nitrogen and oxygen atoms in total. The zero-order valence-electron chi connectivity index (χ0n) is 17.3. The summed E-state index contributed by atoms with van der Waals surface area (Å²) >= 11 is 0. The Morgan fingerprint density at radius 2 is 1.96 bits per heavy atom. The summed E-state index contributed by atoms with van der Waals surface area (Å²) in [5, 5.41) is 7.82. The zero-order chi connectivity index (χ0) is 20.1. The molecular weight excluding hydrogens is 350 g/mol. The number of fused-ring (bicyclic) bond motifs is 1. The van der Waals surface area contributed by atoms with Gasteiger partial charge in [0.1, 0.15) is 11.5 Å². The lowest BCUT2D eigenvalue weighted by atomic mass is 10.0. The molecule has 2 heterocycles. The molecule has 0 aliphatic heterocycles. The predicted octanol–water partition coefficient (Wildman–Crippen LogP) is 4.52. The van der Waals surface area contributed by atoms with E-state index in [1.165, 1.54) is 18.5 Å². The second-order valence-electron chi connectivity index (χ2n) is 9.15. The fourth-order valence-corrected chi connectivity index (χ4v) is 3.60. The van der Waals surface area contributed by atoms with Crippen LogP contribution in [0.2, 0.25) is 0 Å². The highest BCUT2D eigenvalue weighted by molar-refractivity contribution is 5.92. The standard InChI is InChI=1S/C22H29N5O/c1-13(2)19(20-23-15-8-6-7-9-16(15)24-20)25-21(28)17-12-18(14-10-11-14)27(26-17)22(3,4)5/h6-9,12-14,19H,10-11H2,1-5H3,(H,23,24)(H,25,28). The minimum atomic E-state index is -0.205. The Hall–Kier alpha value is -2.63. The number of carbonyl (C=O) groups is 1. The monoisotopic (exact) mass is 379 g/mol. The highest BCUT2D eigenvalue weighted by atomic mass is 16.2. The third-order valence-corrected chi connectivity index (χ3v) is 5.26. The summed E-state index contributed by atoms with van der Waals surface area (Å²) in [6, 6.07) is 9.68. The molecular formula is C22H29N5O. The van der Waals surface area contributed by atoms with Gasteiger partial charge in [0.25, 0.3) is 5.91 Å². The summed E-state index contributed by atoms with van der Waals surface area (Å²) in [6.07, 6.45) is 2.35. The average molecular weight is 380 g/mol. The number of carbonyl (C=O) groups excluding carboxylic acids is 1. The SMILES string of the molecule is CC(C)C(NC(=O)c1cc(C2CC2)n(C(C)(C)C)n1)c1nc2ccccc2[nH]1. The number of benzene rings is 1. The number of aromatic nitrogens is 4. The van der Waals surface area contributed by atoms with Gasteiger partial charge in [-0.1, -0.05) is 26.0 Å². The van der Waals surface area contributed by atoms with Crippen LogP contribution in [-0.4, -0.2) is 25.7 Å². The molecule has 1 aliphatic rings. The van der Waals surface area contributed by atoms with Crippen LogP contribution in [0.25, 0.3) is 11.0 Å². The first-order valence-corrected chi connectivity index (χ1v) is 10.1. The summed E-state index contributed by atoms with van der Waals surface area (Å²) in [6.45, 7) is 10.5. The molecule has 148 valence electrons. The molecule has 1 amide bonds. The topological polar surface area (TPSA) is 75.6 Å². The molecule has 0 saturated heterocycles. The molecule has 1 atom stereocenters. The Labute approximate surface area is 165 Å². The molecule has 4 rings (SSSR count). The Morgan fingerprint density at radius 3 is 2.57 bits per heavy atom. The number of amides is 1. The first-order valence-electron chi connectivity index (χ1n) is 10.1. The number of H-pyrrole nitrogens is 1. The van der Waals surface area contributed by atoms with Crippen molar-refractivity contribution in [2.45, 2.75) is 65.0 Å². The summed E-state index contributed by atoms with van der Waals surface area (Å²) < 4.78 is 2.02. The van der Waals surface area contributed by atoms with Crippen molar-refractivity contribution in [3.8, 4) is 0 Å². The van der Waals surface area contributed by atoms with Crippen molar-refractivity contribution >= 4 is 16.9 Å². The van der Waals surface area contributed by atoms with Crippen molar-refractivity contribution in [3.05, 3.63) is 47.5 Å². The van der Waals surface area contributed by atoms with E-state index in [-0.39, 0.29) is 23.4 Å². The minimum absolute atomic E-state index is 0.146. The average Bonchev–Trinajstić information content (AvgIpc) is 3.21. The number of para-hydroxylation sites is 2. The Kier molecular flexibility index (Phi) is 4.52. The van der Waals surface area contributed by atoms with E-state index in [0.29, 0.717) is 11.6 Å². The van der Waals surface area contributed by atoms with E-state index in [0.717, 1.165) is 16.9 Å². The molecule has 1 unspecified atom stereocenters.